The van der Waals surface area contributed by atoms with Crippen molar-refractivity contribution in [3.63, 3.8) is 0 Å². The molecule has 10 heavy (non-hydrogen) atoms. The number of rotatable bonds is 3. The summed E-state index contributed by atoms with van der Waals surface area (Å²) in [5.41, 5.74) is 5.27. The third-order valence-electron chi connectivity index (χ3n) is 1.61. The van der Waals surface area contributed by atoms with E-state index in [9.17, 15) is 4.79 Å². The molecule has 3 nitrogen and oxygen atoms in total. The van der Waals surface area contributed by atoms with E-state index in [1.54, 1.807) is 13.8 Å². The third-order valence-corrected chi connectivity index (χ3v) is 2.11. The second kappa shape index (κ2) is 3.21. The molecule has 0 fully saturated rings. The highest BCUT2D eigenvalue weighted by molar-refractivity contribution is 6.25. The molecule has 4 heteroatoms. The number of hydrogen-bond acceptors (Lipinski definition) is 2. The number of hydrogen-bond donors (Lipinski definition) is 2. The number of nitrogens with two attached hydrogens (primary N) is 1. The van der Waals surface area contributed by atoms with Crippen LogP contribution in [0.15, 0.2) is 0 Å². The van der Waals surface area contributed by atoms with Gasteiger partial charge in [-0.25, -0.2) is 0 Å². The quantitative estimate of drug-likeness (QED) is 0.609. The van der Waals surface area contributed by atoms with Crippen LogP contribution in [-0.4, -0.2) is 22.0 Å². The molecular weight excluding hydrogens is 154 g/mol. The van der Waals surface area contributed by atoms with Crippen LogP contribution in [0.3, 0.4) is 0 Å². The van der Waals surface area contributed by atoms with E-state index in [-0.39, 0.29) is 0 Å². The fourth-order valence-electron chi connectivity index (χ4n) is 0.477. The average Bonchev–Trinajstić information content (AvgIpc) is 1.86. The zero-order chi connectivity index (χ0) is 8.36. The second-order valence-corrected chi connectivity index (χ2v) is 3.31. The number of carbonyl (C=O) groups is 1. The van der Waals surface area contributed by atoms with E-state index >= 15 is 0 Å². The molecule has 0 aromatic rings. The van der Waals surface area contributed by atoms with Crippen LogP contribution in [0.4, 0.5) is 0 Å². The normalized spacial score (nSPS) is 19.6. The van der Waals surface area contributed by atoms with Crippen molar-refractivity contribution in [2.24, 2.45) is 5.73 Å². The van der Waals surface area contributed by atoms with Gasteiger partial charge in [0.15, 0.2) is 0 Å². The van der Waals surface area contributed by atoms with Crippen molar-refractivity contribution in [3.8, 4) is 0 Å². The van der Waals surface area contributed by atoms with Crippen LogP contribution in [0.1, 0.15) is 20.3 Å². The van der Waals surface area contributed by atoms with E-state index in [4.69, 9.17) is 22.4 Å². The van der Waals surface area contributed by atoms with E-state index < -0.39 is 16.9 Å². The summed E-state index contributed by atoms with van der Waals surface area (Å²) in [5.74, 6) is -1.06. The van der Waals surface area contributed by atoms with Gasteiger partial charge in [0.25, 0.3) is 0 Å². The van der Waals surface area contributed by atoms with Crippen LogP contribution >= 0.6 is 11.6 Å². The summed E-state index contributed by atoms with van der Waals surface area (Å²) in [5, 5.41) is 8.44. The van der Waals surface area contributed by atoms with Crippen molar-refractivity contribution >= 4 is 17.6 Å². The van der Waals surface area contributed by atoms with Gasteiger partial charge in [-0.2, -0.15) is 0 Å². The second-order valence-electron chi connectivity index (χ2n) is 2.45. The lowest BCUT2D eigenvalue weighted by atomic mass is 9.99. The molecular formula is C6H12ClNO2. The van der Waals surface area contributed by atoms with Gasteiger partial charge in [-0.15, -0.1) is 11.6 Å². The lowest BCUT2D eigenvalue weighted by Gasteiger charge is -2.23. The highest BCUT2D eigenvalue weighted by Crippen LogP contribution is 2.21. The lowest BCUT2D eigenvalue weighted by Crippen LogP contribution is -2.46. The minimum Gasteiger partial charge on any atom is -0.480 e. The highest BCUT2D eigenvalue weighted by Gasteiger charge is 2.32. The SMILES string of the molecule is CCC(C)(Cl)[C@H](N)C(=O)O. The summed E-state index contributed by atoms with van der Waals surface area (Å²) < 4.78 is 0. The maximum absolute atomic E-state index is 10.3. The molecule has 60 valence electrons. The number of carboxylic acid groups (broad SMARTS) is 1. The van der Waals surface area contributed by atoms with Gasteiger partial charge in [-0.1, -0.05) is 6.92 Å². The minimum absolute atomic E-state index is 0.544. The molecule has 0 aromatic heterocycles. The Balaban J connectivity index is 4.17. The van der Waals surface area contributed by atoms with Crippen LogP contribution in [0.2, 0.25) is 0 Å². The van der Waals surface area contributed by atoms with Gasteiger partial charge < -0.3 is 10.8 Å². The van der Waals surface area contributed by atoms with Gasteiger partial charge >= 0.3 is 5.97 Å². The lowest BCUT2D eigenvalue weighted by molar-refractivity contribution is -0.139. The molecule has 0 rings (SSSR count). The van der Waals surface area contributed by atoms with E-state index in [0.717, 1.165) is 0 Å². The topological polar surface area (TPSA) is 63.3 Å². The summed E-state index contributed by atoms with van der Waals surface area (Å²) in [7, 11) is 0. The first kappa shape index (κ1) is 9.72. The van der Waals surface area contributed by atoms with Gasteiger partial charge in [-0.05, 0) is 13.3 Å². The smallest absolute Gasteiger partial charge is 0.322 e. The zero-order valence-electron chi connectivity index (χ0n) is 6.10. The maximum atomic E-state index is 10.3. The Labute approximate surface area is 65.2 Å². The molecule has 0 spiro atoms. The van der Waals surface area contributed by atoms with Crippen LogP contribution in [0, 0.1) is 0 Å². The molecule has 0 aliphatic rings. The molecule has 0 saturated heterocycles. The van der Waals surface area contributed by atoms with Gasteiger partial charge in [0.05, 0.1) is 4.87 Å². The summed E-state index contributed by atoms with van der Waals surface area (Å²) in [6, 6.07) is -0.987. The third kappa shape index (κ3) is 2.15. The molecule has 0 radical (unpaired) electrons. The monoisotopic (exact) mass is 165 g/mol. The summed E-state index contributed by atoms with van der Waals surface area (Å²) in [6.07, 6.45) is 0.544. The molecule has 0 aliphatic carbocycles. The van der Waals surface area contributed by atoms with E-state index in [0.29, 0.717) is 6.42 Å². The number of carboxylic acids is 1. The zero-order valence-corrected chi connectivity index (χ0v) is 6.85. The van der Waals surface area contributed by atoms with Crippen LogP contribution in [0.5, 0.6) is 0 Å². The van der Waals surface area contributed by atoms with E-state index in [1.165, 1.54) is 0 Å². The van der Waals surface area contributed by atoms with Gasteiger partial charge in [0, 0.05) is 0 Å². The Morgan fingerprint density at radius 1 is 1.90 bits per heavy atom. The molecule has 3 N–H and O–H groups in total. The highest BCUT2D eigenvalue weighted by atomic mass is 35.5. The fraction of sp³-hybridized carbons (Fsp3) is 0.833. The minimum atomic E-state index is -1.06. The number of alkyl halides is 1. The van der Waals surface area contributed by atoms with Crippen molar-refractivity contribution in [3.05, 3.63) is 0 Å². The van der Waals surface area contributed by atoms with Crippen molar-refractivity contribution in [1.82, 2.24) is 0 Å². The van der Waals surface area contributed by atoms with E-state index in [1.807, 2.05) is 0 Å². The van der Waals surface area contributed by atoms with Crippen LogP contribution < -0.4 is 5.73 Å². The largest absolute Gasteiger partial charge is 0.480 e. The van der Waals surface area contributed by atoms with Gasteiger partial charge in [-0.3, -0.25) is 4.79 Å². The first-order valence-corrected chi connectivity index (χ1v) is 3.47. The molecule has 2 atom stereocenters. The van der Waals surface area contributed by atoms with Crippen molar-refractivity contribution in [1.29, 1.82) is 0 Å². The Hall–Kier alpha value is -0.280. The van der Waals surface area contributed by atoms with E-state index in [2.05, 4.69) is 0 Å². The molecule has 0 aromatic carbocycles. The molecule has 0 heterocycles. The Morgan fingerprint density at radius 2 is 2.30 bits per heavy atom. The predicted molar refractivity (Wildman–Crippen MR) is 40.2 cm³/mol. The first-order valence-electron chi connectivity index (χ1n) is 3.09. The van der Waals surface area contributed by atoms with Crippen molar-refractivity contribution in [2.45, 2.75) is 31.2 Å². The first-order chi connectivity index (χ1) is 4.41. The molecule has 0 bridgehead atoms. The Morgan fingerprint density at radius 3 is 2.40 bits per heavy atom. The molecule has 0 amide bonds. The summed E-state index contributed by atoms with van der Waals surface area (Å²) in [4.78, 5) is 9.47. The summed E-state index contributed by atoms with van der Waals surface area (Å²) in [6.45, 7) is 3.42. The average molecular weight is 166 g/mol. The molecule has 1 unspecified atom stereocenters. The standard InChI is InChI=1S/C6H12ClNO2/c1-3-6(2,7)4(8)5(9)10/h4H,3,8H2,1-2H3,(H,9,10)/t4-,6?/m1/s1. The van der Waals surface area contributed by atoms with Crippen LogP contribution in [0.25, 0.3) is 0 Å². The number of aliphatic carboxylic acids is 1. The van der Waals surface area contributed by atoms with Crippen molar-refractivity contribution in [2.75, 3.05) is 0 Å². The summed E-state index contributed by atoms with van der Waals surface area (Å²) >= 11 is 5.76. The van der Waals surface area contributed by atoms with Crippen molar-refractivity contribution < 1.29 is 9.90 Å². The molecule has 0 saturated carbocycles. The Bertz CT molecular complexity index is 136. The predicted octanol–water partition coefficient (Wildman–Crippen LogP) is 0.806. The fourth-order valence-corrected chi connectivity index (χ4v) is 0.571. The Kier molecular flexibility index (Phi) is 3.12. The number of halogens is 1. The van der Waals surface area contributed by atoms with Gasteiger partial charge in [0.1, 0.15) is 6.04 Å². The van der Waals surface area contributed by atoms with Crippen LogP contribution in [-0.2, 0) is 4.79 Å². The molecule has 0 aliphatic heterocycles. The maximum Gasteiger partial charge on any atom is 0.322 e. The van der Waals surface area contributed by atoms with Gasteiger partial charge in [0.2, 0.25) is 0 Å².